The topological polar surface area (TPSA) is 40.5 Å². The van der Waals surface area contributed by atoms with E-state index in [1.807, 2.05) is 69.2 Å². The van der Waals surface area contributed by atoms with E-state index in [1.54, 1.807) is 0 Å². The van der Waals surface area contributed by atoms with Crippen LogP contribution in [-0.4, -0.2) is 23.4 Å². The molecule has 2 aliphatic carbocycles. The van der Waals surface area contributed by atoms with Crippen LogP contribution in [0.15, 0.2) is 24.3 Å². The van der Waals surface area contributed by atoms with E-state index in [2.05, 4.69) is 12.8 Å². The first-order valence-corrected chi connectivity index (χ1v) is 7.05. The van der Waals surface area contributed by atoms with Gasteiger partial charge in [-0.15, -0.1) is 0 Å². The van der Waals surface area contributed by atoms with E-state index < -0.39 is 0 Å². The number of benzene rings is 1. The smallest absolute Gasteiger partial charge is 0.396 e. The Hall–Kier alpha value is -0.341. The van der Waals surface area contributed by atoms with Crippen molar-refractivity contribution in [1.29, 1.82) is 0 Å². The van der Waals surface area contributed by atoms with Crippen LogP contribution in [0.1, 0.15) is 17.0 Å². The quantitative estimate of drug-likeness (QED) is 0.830. The summed E-state index contributed by atoms with van der Waals surface area (Å²) < 4.78 is 0. The van der Waals surface area contributed by atoms with Crippen LogP contribution in [0.25, 0.3) is 0 Å². The number of hydrogen-bond acceptors (Lipinski definition) is 2. The predicted octanol–water partition coefficient (Wildman–Crippen LogP) is 2.53. The zero-order valence-electron chi connectivity index (χ0n) is 12.2. The molecule has 0 unspecified atom stereocenters. The molecule has 0 aromatic heterocycles. The van der Waals surface area contributed by atoms with Crippen LogP contribution in [0.3, 0.4) is 0 Å². The minimum atomic E-state index is -0.172. The Labute approximate surface area is 145 Å². The summed E-state index contributed by atoms with van der Waals surface area (Å²) in [5.41, 5.74) is 2.13. The Balaban J connectivity index is 0.000000344. The first-order chi connectivity index (χ1) is 10.3. The molecule has 0 spiro atoms. The number of hydrogen-bond donors (Lipinski definition) is 2. The summed E-state index contributed by atoms with van der Waals surface area (Å²) >= 11 is 0. The normalized spacial score (nSPS) is 18.0. The van der Waals surface area contributed by atoms with E-state index in [-0.39, 0.29) is 36.2 Å². The third kappa shape index (κ3) is 6.04. The van der Waals surface area contributed by atoms with Gasteiger partial charge in [0, 0.05) is 11.8 Å². The molecule has 22 heavy (non-hydrogen) atoms. The largest absolute Gasteiger partial charge is 2.00 e. The van der Waals surface area contributed by atoms with Crippen LogP contribution in [0, 0.1) is 63.7 Å². The van der Waals surface area contributed by atoms with Gasteiger partial charge in [0.2, 0.25) is 0 Å². The minimum absolute atomic E-state index is 0. The van der Waals surface area contributed by atoms with Crippen molar-refractivity contribution in [2.75, 3.05) is 13.2 Å². The zero-order valence-corrected chi connectivity index (χ0v) is 13.3. The third-order valence-corrected chi connectivity index (χ3v) is 3.37. The summed E-state index contributed by atoms with van der Waals surface area (Å²) in [4.78, 5) is 0. The van der Waals surface area contributed by atoms with Gasteiger partial charge in [0.05, 0.1) is 13.2 Å². The van der Waals surface area contributed by atoms with Gasteiger partial charge in [0.15, 0.2) is 0 Å². The summed E-state index contributed by atoms with van der Waals surface area (Å²) in [6.45, 7) is -0.0432. The molecule has 1 aromatic carbocycles. The second kappa shape index (κ2) is 11.2. The minimum Gasteiger partial charge on any atom is -0.396 e. The molecular weight excluding hydrogens is 316 g/mol. The molecule has 0 bridgehead atoms. The fraction of sp³-hybridized carbons (Fsp3) is 0.158. The van der Waals surface area contributed by atoms with Crippen molar-refractivity contribution < 1.29 is 27.3 Å². The summed E-state index contributed by atoms with van der Waals surface area (Å²) in [6, 6.07) is 7.95. The molecule has 2 nitrogen and oxygen atoms in total. The first-order valence-electron chi connectivity index (χ1n) is 7.05. The van der Waals surface area contributed by atoms with Crippen LogP contribution in [0.5, 0.6) is 0 Å². The van der Waals surface area contributed by atoms with Crippen LogP contribution in [0.2, 0.25) is 0 Å². The van der Waals surface area contributed by atoms with Gasteiger partial charge in [-0.3, -0.25) is 0 Å². The van der Waals surface area contributed by atoms with E-state index in [0.29, 0.717) is 0 Å². The second-order valence-electron chi connectivity index (χ2n) is 4.82. The van der Waals surface area contributed by atoms with Crippen LogP contribution >= 0.6 is 0 Å². The van der Waals surface area contributed by atoms with Crippen LogP contribution in [-0.2, 0) is 17.1 Å². The fourth-order valence-corrected chi connectivity index (χ4v) is 2.10. The van der Waals surface area contributed by atoms with Crippen LogP contribution < -0.4 is 0 Å². The maximum atomic E-state index is 9.07. The Morgan fingerprint density at radius 1 is 0.682 bits per heavy atom. The van der Waals surface area contributed by atoms with Gasteiger partial charge in [-0.1, -0.05) is 24.3 Å². The Bertz CT molecular complexity index is 348. The number of aliphatic hydroxyl groups is 2. The monoisotopic (exact) mass is 336 g/mol. The molecule has 0 saturated heterocycles. The van der Waals surface area contributed by atoms with Crippen molar-refractivity contribution in [1.82, 2.24) is 0 Å². The molecule has 0 atom stereocenters. The standard InChI is InChI=1S/C14H15O2.C5H5.Fe/c15-9-14(10-16)13-7-5-12(6-8-13)11-3-1-2-4-11;1-2-4-5-3-1;/h1-8,14-16H,9-10H2;1-5H;/q;;+2. The molecule has 3 rings (SSSR count). The molecule has 3 heteroatoms. The third-order valence-electron chi connectivity index (χ3n) is 3.37. The zero-order chi connectivity index (χ0) is 14.9. The van der Waals surface area contributed by atoms with E-state index in [0.717, 1.165) is 11.1 Å². The Morgan fingerprint density at radius 3 is 1.55 bits per heavy atom. The average Bonchev–Trinajstić information content (AvgIpc) is 3.25. The number of rotatable bonds is 4. The van der Waals surface area contributed by atoms with Crippen molar-refractivity contribution in [2.24, 2.45) is 0 Å². The molecule has 0 heterocycles. The molecule has 2 saturated carbocycles. The summed E-state index contributed by atoms with van der Waals surface area (Å²) in [5, 5.41) is 18.1. The van der Waals surface area contributed by atoms with Gasteiger partial charge < -0.3 is 10.2 Å². The van der Waals surface area contributed by atoms with E-state index in [1.165, 1.54) is 5.92 Å². The average molecular weight is 336 g/mol. The molecule has 0 amide bonds. The maximum Gasteiger partial charge on any atom is 2.00 e. The van der Waals surface area contributed by atoms with Crippen molar-refractivity contribution in [3.8, 4) is 0 Å². The summed E-state index contributed by atoms with van der Waals surface area (Å²) in [6.07, 6.45) is 18.1. The Kier molecular flexibility index (Phi) is 10.1. The van der Waals surface area contributed by atoms with Crippen molar-refractivity contribution >= 4 is 0 Å². The predicted molar refractivity (Wildman–Crippen MR) is 84.4 cm³/mol. The van der Waals surface area contributed by atoms with Crippen molar-refractivity contribution in [2.45, 2.75) is 5.92 Å². The van der Waals surface area contributed by atoms with Crippen molar-refractivity contribution in [3.63, 3.8) is 0 Å². The molecule has 10 radical (unpaired) electrons. The van der Waals surface area contributed by atoms with Gasteiger partial charge in [0.25, 0.3) is 0 Å². The summed E-state index contributed by atoms with van der Waals surface area (Å²) in [5.74, 6) is 1.02. The Morgan fingerprint density at radius 2 is 1.14 bits per heavy atom. The van der Waals surface area contributed by atoms with Crippen LogP contribution in [0.4, 0.5) is 0 Å². The van der Waals surface area contributed by atoms with E-state index in [9.17, 15) is 0 Å². The molecule has 2 N–H and O–H groups in total. The molecule has 2 aliphatic rings. The second-order valence-corrected chi connectivity index (χ2v) is 4.82. The molecule has 114 valence electrons. The number of aliphatic hydroxyl groups excluding tert-OH is 2. The molecule has 0 aliphatic heterocycles. The van der Waals surface area contributed by atoms with E-state index in [4.69, 9.17) is 10.2 Å². The van der Waals surface area contributed by atoms with Gasteiger partial charge in [0.1, 0.15) is 0 Å². The van der Waals surface area contributed by atoms with Crippen molar-refractivity contribution in [3.05, 3.63) is 99.1 Å². The van der Waals surface area contributed by atoms with Gasteiger partial charge in [-0.2, -0.15) is 0 Å². The van der Waals surface area contributed by atoms with E-state index >= 15 is 0 Å². The van der Waals surface area contributed by atoms with Gasteiger partial charge in [-0.05, 0) is 68.9 Å². The fourth-order valence-electron chi connectivity index (χ4n) is 2.10. The first kappa shape index (κ1) is 19.7. The van der Waals surface area contributed by atoms with Gasteiger partial charge in [-0.25, -0.2) is 0 Å². The summed E-state index contributed by atoms with van der Waals surface area (Å²) in [7, 11) is 0. The molecular formula is C19H20FeO2+2. The molecule has 2 fully saturated rings. The van der Waals surface area contributed by atoms with Gasteiger partial charge >= 0.3 is 17.1 Å². The SMILES string of the molecule is OCC(CO)c1ccc([C]2[CH][CH][CH][CH]2)cc1.[CH]1[CH][CH][CH][CH]1.[Fe+2]. The molecule has 1 aromatic rings. The maximum absolute atomic E-state index is 9.07.